The maximum Gasteiger partial charge on any atom is 0.131 e. The lowest BCUT2D eigenvalue weighted by atomic mass is 10.00. The average molecular weight is 507 g/mol. The third-order valence-corrected chi connectivity index (χ3v) is 7.50. The van der Waals surface area contributed by atoms with E-state index in [4.69, 9.17) is 27.9 Å². The van der Waals surface area contributed by atoms with Gasteiger partial charge in [0.15, 0.2) is 0 Å². The Labute approximate surface area is 213 Å². The Bertz CT molecular complexity index is 1470. The number of aryl methyl sites for hydroxylation is 1. The van der Waals surface area contributed by atoms with Crippen molar-refractivity contribution in [3.8, 4) is 22.6 Å². The van der Waals surface area contributed by atoms with Crippen molar-refractivity contribution < 1.29 is 4.74 Å². The smallest absolute Gasteiger partial charge is 0.131 e. The van der Waals surface area contributed by atoms with Crippen LogP contribution in [-0.2, 0) is 6.61 Å². The summed E-state index contributed by atoms with van der Waals surface area (Å²) < 4.78 is 9.37. The van der Waals surface area contributed by atoms with E-state index in [-0.39, 0.29) is 5.92 Å². The van der Waals surface area contributed by atoms with Gasteiger partial charge in [0.1, 0.15) is 18.0 Å². The number of para-hydroxylation sites is 1. The predicted molar refractivity (Wildman–Crippen MR) is 144 cm³/mol. The molecule has 3 aromatic carbocycles. The second kappa shape index (κ2) is 9.46. The lowest BCUT2D eigenvalue weighted by Gasteiger charge is -2.15. The summed E-state index contributed by atoms with van der Waals surface area (Å²) in [5.41, 5.74) is 6.31. The number of hydrogen-bond acceptors (Lipinski definition) is 3. The van der Waals surface area contributed by atoms with E-state index in [1.54, 1.807) is 16.0 Å². The number of rotatable bonds is 6. The van der Waals surface area contributed by atoms with Crippen LogP contribution < -0.4 is 4.74 Å². The Hall–Kier alpha value is -2.79. The topological polar surface area (TPSA) is 27.1 Å². The predicted octanol–water partition coefficient (Wildman–Crippen LogP) is 9.07. The van der Waals surface area contributed by atoms with Gasteiger partial charge in [-0.25, -0.2) is 4.68 Å². The minimum Gasteiger partial charge on any atom is -0.487 e. The van der Waals surface area contributed by atoms with Crippen LogP contribution in [0.3, 0.4) is 0 Å². The Kier molecular flexibility index (Phi) is 6.39. The van der Waals surface area contributed by atoms with Gasteiger partial charge in [-0.05, 0) is 82.3 Å². The summed E-state index contributed by atoms with van der Waals surface area (Å²) in [5.74, 6) is 1.09. The number of benzene rings is 3. The maximum atomic E-state index is 6.48. The number of halogens is 2. The van der Waals surface area contributed by atoms with E-state index < -0.39 is 0 Å². The van der Waals surface area contributed by atoms with Gasteiger partial charge in [-0.15, -0.1) is 11.3 Å². The molecule has 5 rings (SSSR count). The van der Waals surface area contributed by atoms with Gasteiger partial charge >= 0.3 is 0 Å². The molecule has 34 heavy (non-hydrogen) atoms. The fraction of sp³-hybridized carbons (Fsp3) is 0.179. The van der Waals surface area contributed by atoms with Gasteiger partial charge in [-0.2, -0.15) is 5.10 Å². The van der Waals surface area contributed by atoms with E-state index in [0.717, 1.165) is 17.0 Å². The Morgan fingerprint density at radius 3 is 2.53 bits per heavy atom. The average Bonchev–Trinajstić information content (AvgIpc) is 3.44. The third kappa shape index (κ3) is 4.34. The van der Waals surface area contributed by atoms with E-state index in [9.17, 15) is 0 Å². The molecule has 0 fully saturated rings. The van der Waals surface area contributed by atoms with Crippen molar-refractivity contribution in [2.45, 2.75) is 33.3 Å². The van der Waals surface area contributed by atoms with E-state index in [0.29, 0.717) is 22.3 Å². The molecule has 0 radical (unpaired) electrons. The third-order valence-electron chi connectivity index (χ3n) is 6.01. The molecule has 0 spiro atoms. The number of ether oxygens (including phenoxy) is 1. The molecule has 3 nitrogen and oxygen atoms in total. The highest BCUT2D eigenvalue weighted by atomic mass is 35.5. The zero-order valence-electron chi connectivity index (χ0n) is 19.2. The van der Waals surface area contributed by atoms with Gasteiger partial charge < -0.3 is 4.74 Å². The highest BCUT2D eigenvalue weighted by molar-refractivity contribution is 7.17. The van der Waals surface area contributed by atoms with Gasteiger partial charge in [0.2, 0.25) is 0 Å². The molecule has 172 valence electrons. The number of nitrogens with zero attached hydrogens (tertiary/aromatic N) is 2. The van der Waals surface area contributed by atoms with Crippen LogP contribution in [-0.4, -0.2) is 9.78 Å². The van der Waals surface area contributed by atoms with Crippen LogP contribution in [0, 0.1) is 6.92 Å². The minimum absolute atomic E-state index is 0.282. The van der Waals surface area contributed by atoms with Crippen molar-refractivity contribution in [1.82, 2.24) is 9.78 Å². The van der Waals surface area contributed by atoms with Crippen LogP contribution >= 0.6 is 34.5 Å². The van der Waals surface area contributed by atoms with Crippen LogP contribution in [0.1, 0.15) is 36.6 Å². The van der Waals surface area contributed by atoms with E-state index in [2.05, 4.69) is 67.6 Å². The molecular formula is C28H24Cl2N2OS. The van der Waals surface area contributed by atoms with Crippen molar-refractivity contribution in [3.63, 3.8) is 0 Å². The SMILES string of the molecule is Cc1cc(OCc2c(C(C)C)cnn2-c2c(Cl)cccc2Cl)ccc1-c1ccc2ccsc2c1. The van der Waals surface area contributed by atoms with Crippen LogP contribution in [0.5, 0.6) is 5.75 Å². The molecule has 5 aromatic rings. The molecule has 0 saturated carbocycles. The van der Waals surface area contributed by atoms with Crippen molar-refractivity contribution in [2.24, 2.45) is 0 Å². The van der Waals surface area contributed by atoms with Gasteiger partial charge in [-0.3, -0.25) is 0 Å². The first-order valence-corrected chi connectivity index (χ1v) is 12.8. The highest BCUT2D eigenvalue weighted by Gasteiger charge is 2.19. The van der Waals surface area contributed by atoms with Gasteiger partial charge in [0.25, 0.3) is 0 Å². The standard InChI is InChI=1S/C28H24Cl2N2OS/c1-17(2)23-15-31-32(28-24(29)5-4-6-25(28)30)26(23)16-33-21-9-10-22(18(3)13-21)20-8-7-19-11-12-34-27(19)14-20/h4-15,17H,16H2,1-3H3. The molecule has 0 saturated heterocycles. The zero-order chi connectivity index (χ0) is 23.8. The second-order valence-electron chi connectivity index (χ2n) is 8.62. The van der Waals surface area contributed by atoms with Crippen molar-refractivity contribution in [3.05, 3.63) is 99.1 Å². The second-order valence-corrected chi connectivity index (χ2v) is 10.4. The molecule has 0 N–H and O–H groups in total. The van der Waals surface area contributed by atoms with E-state index >= 15 is 0 Å². The fourth-order valence-corrected chi connectivity index (χ4v) is 5.61. The largest absolute Gasteiger partial charge is 0.487 e. The fourth-order valence-electron chi connectivity index (χ4n) is 4.22. The number of thiophene rings is 1. The molecule has 2 aromatic heterocycles. The summed E-state index contributed by atoms with van der Waals surface area (Å²) in [6.45, 7) is 6.76. The normalized spacial score (nSPS) is 11.5. The van der Waals surface area contributed by atoms with Crippen molar-refractivity contribution in [2.75, 3.05) is 0 Å². The van der Waals surface area contributed by atoms with Crippen LogP contribution in [0.2, 0.25) is 10.0 Å². The summed E-state index contributed by atoms with van der Waals surface area (Å²) in [4.78, 5) is 0. The first-order chi connectivity index (χ1) is 16.4. The first kappa shape index (κ1) is 23.0. The highest BCUT2D eigenvalue weighted by Crippen LogP contribution is 2.34. The molecule has 6 heteroatoms. The lowest BCUT2D eigenvalue weighted by Crippen LogP contribution is -2.09. The monoisotopic (exact) mass is 506 g/mol. The Morgan fingerprint density at radius 1 is 1.00 bits per heavy atom. The van der Waals surface area contributed by atoms with E-state index in [1.165, 1.54) is 26.8 Å². The van der Waals surface area contributed by atoms with Crippen molar-refractivity contribution in [1.29, 1.82) is 0 Å². The van der Waals surface area contributed by atoms with Gasteiger partial charge in [0, 0.05) is 4.70 Å². The summed E-state index contributed by atoms with van der Waals surface area (Å²) in [7, 11) is 0. The van der Waals surface area contributed by atoms with Gasteiger partial charge in [0.05, 0.1) is 21.9 Å². The molecule has 0 unspecified atom stereocenters. The van der Waals surface area contributed by atoms with Crippen LogP contribution in [0.15, 0.2) is 72.2 Å². The van der Waals surface area contributed by atoms with E-state index in [1.807, 2.05) is 30.5 Å². The quantitative estimate of drug-likeness (QED) is 0.229. The Balaban J connectivity index is 1.44. The first-order valence-electron chi connectivity index (χ1n) is 11.1. The summed E-state index contributed by atoms with van der Waals surface area (Å²) in [5, 5.41) is 9.11. The number of hydrogen-bond donors (Lipinski definition) is 0. The summed E-state index contributed by atoms with van der Waals surface area (Å²) >= 11 is 14.7. The molecule has 2 heterocycles. The Morgan fingerprint density at radius 2 is 1.79 bits per heavy atom. The molecule has 0 atom stereocenters. The number of aromatic nitrogens is 2. The molecule has 0 amide bonds. The maximum absolute atomic E-state index is 6.48. The minimum atomic E-state index is 0.282. The molecule has 0 aliphatic heterocycles. The molecule has 0 aliphatic rings. The molecule has 0 bridgehead atoms. The molecular weight excluding hydrogens is 483 g/mol. The van der Waals surface area contributed by atoms with Gasteiger partial charge in [-0.1, -0.05) is 61.3 Å². The summed E-state index contributed by atoms with van der Waals surface area (Å²) in [6.07, 6.45) is 1.87. The van der Waals surface area contributed by atoms with Crippen molar-refractivity contribution >= 4 is 44.6 Å². The van der Waals surface area contributed by atoms with Crippen LogP contribution in [0.4, 0.5) is 0 Å². The summed E-state index contributed by atoms with van der Waals surface area (Å²) in [6, 6.07) is 20.5. The number of fused-ring (bicyclic) bond motifs is 1. The zero-order valence-corrected chi connectivity index (χ0v) is 21.5. The van der Waals surface area contributed by atoms with Crippen LogP contribution in [0.25, 0.3) is 26.9 Å². The lowest BCUT2D eigenvalue weighted by molar-refractivity contribution is 0.295. The molecule has 0 aliphatic carbocycles.